The molecule has 2 aromatic rings. The fourth-order valence-corrected chi connectivity index (χ4v) is 4.98. The maximum atomic E-state index is 12.5. The van der Waals surface area contributed by atoms with Crippen LogP contribution in [0.1, 0.15) is 23.3 Å². The SMILES string of the molecule is Cc1ccc(-c2nc(NC(=O)C3CCCN3S(C)(=O)=O)sc2C)cc1. The monoisotopic (exact) mass is 379 g/mol. The molecule has 0 spiro atoms. The van der Waals surface area contributed by atoms with E-state index in [1.165, 1.54) is 21.2 Å². The molecule has 1 saturated heterocycles. The predicted molar refractivity (Wildman–Crippen MR) is 100 cm³/mol. The summed E-state index contributed by atoms with van der Waals surface area (Å²) in [6, 6.07) is 7.41. The quantitative estimate of drug-likeness (QED) is 0.886. The largest absolute Gasteiger partial charge is 0.301 e. The van der Waals surface area contributed by atoms with Crippen LogP contribution in [0.15, 0.2) is 24.3 Å². The maximum Gasteiger partial charge on any atom is 0.244 e. The van der Waals surface area contributed by atoms with E-state index in [0.717, 1.165) is 22.4 Å². The van der Waals surface area contributed by atoms with Crippen molar-refractivity contribution in [3.05, 3.63) is 34.7 Å². The Bertz CT molecular complexity index is 888. The first-order valence-electron chi connectivity index (χ1n) is 8.08. The number of amides is 1. The maximum absolute atomic E-state index is 12.5. The molecule has 2 heterocycles. The number of benzene rings is 1. The van der Waals surface area contributed by atoms with Crippen LogP contribution in [0, 0.1) is 13.8 Å². The third kappa shape index (κ3) is 3.91. The molecule has 0 saturated carbocycles. The Balaban J connectivity index is 1.79. The minimum absolute atomic E-state index is 0.313. The smallest absolute Gasteiger partial charge is 0.244 e. The number of carbonyl (C=O) groups excluding carboxylic acids is 1. The summed E-state index contributed by atoms with van der Waals surface area (Å²) in [7, 11) is -3.38. The van der Waals surface area contributed by atoms with Gasteiger partial charge in [-0.05, 0) is 26.7 Å². The lowest BCUT2D eigenvalue weighted by Gasteiger charge is -2.20. The lowest BCUT2D eigenvalue weighted by molar-refractivity contribution is -0.119. The van der Waals surface area contributed by atoms with Crippen LogP contribution >= 0.6 is 11.3 Å². The van der Waals surface area contributed by atoms with Gasteiger partial charge in [0, 0.05) is 17.0 Å². The Morgan fingerprint density at radius 3 is 2.60 bits per heavy atom. The van der Waals surface area contributed by atoms with E-state index in [1.54, 1.807) is 0 Å². The van der Waals surface area contributed by atoms with Gasteiger partial charge in [-0.2, -0.15) is 4.31 Å². The second kappa shape index (κ2) is 6.86. The number of anilines is 1. The minimum atomic E-state index is -3.38. The van der Waals surface area contributed by atoms with Gasteiger partial charge in [0.05, 0.1) is 11.9 Å². The summed E-state index contributed by atoms with van der Waals surface area (Å²) in [5, 5.41) is 3.29. The Morgan fingerprint density at radius 1 is 1.28 bits per heavy atom. The average molecular weight is 380 g/mol. The third-order valence-corrected chi connectivity index (χ3v) is 6.46. The van der Waals surface area contributed by atoms with Crippen LogP contribution < -0.4 is 5.32 Å². The number of hydrogen-bond donors (Lipinski definition) is 1. The van der Waals surface area contributed by atoms with Crippen molar-refractivity contribution < 1.29 is 13.2 Å². The van der Waals surface area contributed by atoms with Crippen LogP contribution in [0.25, 0.3) is 11.3 Å². The van der Waals surface area contributed by atoms with Gasteiger partial charge in [-0.15, -0.1) is 11.3 Å². The van der Waals surface area contributed by atoms with E-state index in [4.69, 9.17) is 0 Å². The van der Waals surface area contributed by atoms with Gasteiger partial charge in [0.2, 0.25) is 15.9 Å². The first-order valence-corrected chi connectivity index (χ1v) is 10.7. The van der Waals surface area contributed by atoms with Gasteiger partial charge in [0.1, 0.15) is 6.04 Å². The van der Waals surface area contributed by atoms with Crippen LogP contribution in [0.5, 0.6) is 0 Å². The van der Waals surface area contributed by atoms with E-state index >= 15 is 0 Å². The highest BCUT2D eigenvalue weighted by atomic mass is 32.2. The number of sulfonamides is 1. The molecular weight excluding hydrogens is 358 g/mol. The van der Waals surface area contributed by atoms with Crippen LogP contribution in [-0.4, -0.2) is 42.5 Å². The summed E-state index contributed by atoms with van der Waals surface area (Å²) in [5.41, 5.74) is 3.01. The van der Waals surface area contributed by atoms with E-state index in [-0.39, 0.29) is 5.91 Å². The topological polar surface area (TPSA) is 79.4 Å². The molecule has 0 aliphatic carbocycles. The highest BCUT2D eigenvalue weighted by molar-refractivity contribution is 7.88. The van der Waals surface area contributed by atoms with Gasteiger partial charge in [0.25, 0.3) is 0 Å². The summed E-state index contributed by atoms with van der Waals surface area (Å²) in [6.07, 6.45) is 2.37. The number of carbonyl (C=O) groups is 1. The van der Waals surface area contributed by atoms with Crippen LogP contribution in [0.4, 0.5) is 5.13 Å². The molecule has 25 heavy (non-hydrogen) atoms. The van der Waals surface area contributed by atoms with Crippen molar-refractivity contribution in [3.63, 3.8) is 0 Å². The summed E-state index contributed by atoms with van der Waals surface area (Å²) in [4.78, 5) is 18.1. The molecule has 1 amide bonds. The zero-order chi connectivity index (χ0) is 18.2. The van der Waals surface area contributed by atoms with E-state index in [1.807, 2.05) is 38.1 Å². The standard InChI is InChI=1S/C17H21N3O3S2/c1-11-6-8-13(9-7-11)15-12(2)24-17(18-15)19-16(21)14-5-4-10-20(14)25(3,22)23/h6-9,14H,4-5,10H2,1-3H3,(H,18,19,21). The van der Waals surface area contributed by atoms with Gasteiger partial charge in [-0.25, -0.2) is 13.4 Å². The van der Waals surface area contributed by atoms with Gasteiger partial charge >= 0.3 is 0 Å². The molecule has 1 atom stereocenters. The van der Waals surface area contributed by atoms with Gasteiger partial charge in [0.15, 0.2) is 5.13 Å². The Kier molecular flexibility index (Phi) is 4.95. The number of aryl methyl sites for hydroxylation is 2. The normalized spacial score (nSPS) is 18.4. The molecule has 1 fully saturated rings. The van der Waals surface area contributed by atoms with Crippen molar-refractivity contribution in [1.29, 1.82) is 0 Å². The summed E-state index contributed by atoms with van der Waals surface area (Å²) in [6.45, 7) is 4.38. The van der Waals surface area contributed by atoms with Gasteiger partial charge in [-0.3, -0.25) is 4.79 Å². The lowest BCUT2D eigenvalue weighted by Crippen LogP contribution is -2.42. The first kappa shape index (κ1) is 18.0. The molecule has 1 aliphatic heterocycles. The first-order chi connectivity index (χ1) is 11.8. The Morgan fingerprint density at radius 2 is 1.96 bits per heavy atom. The fourth-order valence-electron chi connectivity index (χ4n) is 3.02. The van der Waals surface area contributed by atoms with Crippen LogP contribution in [0.3, 0.4) is 0 Å². The van der Waals surface area contributed by atoms with E-state index in [9.17, 15) is 13.2 Å². The molecule has 1 N–H and O–H groups in total. The lowest BCUT2D eigenvalue weighted by atomic mass is 10.1. The van der Waals surface area contributed by atoms with E-state index in [0.29, 0.717) is 24.5 Å². The molecule has 3 rings (SSSR count). The van der Waals surface area contributed by atoms with Gasteiger partial charge < -0.3 is 5.32 Å². The van der Waals surface area contributed by atoms with Crippen molar-refractivity contribution in [2.75, 3.05) is 18.1 Å². The summed E-state index contributed by atoms with van der Waals surface area (Å²) < 4.78 is 24.9. The minimum Gasteiger partial charge on any atom is -0.301 e. The highest BCUT2D eigenvalue weighted by Gasteiger charge is 2.36. The Labute approximate surface area is 151 Å². The molecule has 134 valence electrons. The highest BCUT2D eigenvalue weighted by Crippen LogP contribution is 2.31. The van der Waals surface area contributed by atoms with Crippen molar-refractivity contribution in [2.45, 2.75) is 32.7 Å². The second-order valence-electron chi connectivity index (χ2n) is 6.31. The number of rotatable bonds is 4. The fraction of sp³-hybridized carbons (Fsp3) is 0.412. The zero-order valence-corrected chi connectivity index (χ0v) is 16.1. The molecule has 1 aromatic carbocycles. The molecule has 0 bridgehead atoms. The molecule has 8 heteroatoms. The molecular formula is C17H21N3O3S2. The zero-order valence-electron chi connectivity index (χ0n) is 14.4. The van der Waals surface area contributed by atoms with Crippen molar-refractivity contribution >= 4 is 32.4 Å². The predicted octanol–water partition coefficient (Wildman–Crippen LogP) is 2.79. The molecule has 1 unspecified atom stereocenters. The molecule has 1 aliphatic rings. The second-order valence-corrected chi connectivity index (χ2v) is 9.45. The number of nitrogens with one attached hydrogen (secondary N) is 1. The van der Waals surface area contributed by atoms with Crippen molar-refractivity contribution in [3.8, 4) is 11.3 Å². The van der Waals surface area contributed by atoms with Crippen molar-refractivity contribution in [1.82, 2.24) is 9.29 Å². The number of hydrogen-bond acceptors (Lipinski definition) is 5. The number of thiazole rings is 1. The van der Waals surface area contributed by atoms with Crippen molar-refractivity contribution in [2.24, 2.45) is 0 Å². The van der Waals surface area contributed by atoms with Gasteiger partial charge in [-0.1, -0.05) is 29.8 Å². The number of aromatic nitrogens is 1. The summed E-state index contributed by atoms with van der Waals surface area (Å²) in [5.74, 6) is -0.313. The summed E-state index contributed by atoms with van der Waals surface area (Å²) >= 11 is 1.40. The Hall–Kier alpha value is -1.77. The third-order valence-electron chi connectivity index (χ3n) is 4.28. The van der Waals surface area contributed by atoms with E-state index < -0.39 is 16.1 Å². The van der Waals surface area contributed by atoms with Crippen LogP contribution in [-0.2, 0) is 14.8 Å². The molecule has 0 radical (unpaired) electrons. The number of nitrogens with zero attached hydrogens (tertiary/aromatic N) is 2. The average Bonchev–Trinajstić information content (AvgIpc) is 3.15. The molecule has 6 nitrogen and oxygen atoms in total. The van der Waals surface area contributed by atoms with Crippen LogP contribution in [0.2, 0.25) is 0 Å². The van der Waals surface area contributed by atoms with E-state index in [2.05, 4.69) is 10.3 Å². The molecule has 1 aromatic heterocycles.